The molecule has 0 radical (unpaired) electrons. The molecule has 0 fully saturated rings. The van der Waals surface area contributed by atoms with Gasteiger partial charge in [-0.2, -0.15) is 5.10 Å². The SMILES string of the molecule is COc1ccc(OC)c(NC(=O)Cn2nc(C(=O)Nc3ccc(C)c(C)c3)ccc2=O)c1. The van der Waals surface area contributed by atoms with Crippen molar-refractivity contribution in [2.24, 2.45) is 0 Å². The quantitative estimate of drug-likeness (QED) is 0.589. The fraction of sp³-hybridized carbons (Fsp3) is 0.217. The Morgan fingerprint density at radius 1 is 0.938 bits per heavy atom. The molecule has 9 nitrogen and oxygen atoms in total. The summed E-state index contributed by atoms with van der Waals surface area (Å²) in [6, 6.07) is 13.0. The first-order valence-electron chi connectivity index (χ1n) is 9.79. The van der Waals surface area contributed by atoms with Gasteiger partial charge in [-0.05, 0) is 55.3 Å². The Hall–Kier alpha value is -4.14. The van der Waals surface area contributed by atoms with Crippen molar-refractivity contribution in [3.63, 3.8) is 0 Å². The number of methoxy groups -OCH3 is 2. The Morgan fingerprint density at radius 3 is 2.41 bits per heavy atom. The maximum Gasteiger partial charge on any atom is 0.276 e. The van der Waals surface area contributed by atoms with Crippen LogP contribution >= 0.6 is 0 Å². The fourth-order valence-corrected chi connectivity index (χ4v) is 2.94. The molecule has 0 aliphatic carbocycles. The van der Waals surface area contributed by atoms with E-state index < -0.39 is 17.4 Å². The van der Waals surface area contributed by atoms with Crippen LogP contribution in [0.25, 0.3) is 0 Å². The lowest BCUT2D eigenvalue weighted by Crippen LogP contribution is -2.31. The summed E-state index contributed by atoms with van der Waals surface area (Å²) in [5, 5.41) is 9.46. The molecule has 32 heavy (non-hydrogen) atoms. The van der Waals surface area contributed by atoms with E-state index in [1.165, 1.54) is 26.4 Å². The molecule has 2 aromatic carbocycles. The summed E-state index contributed by atoms with van der Waals surface area (Å²) < 4.78 is 11.3. The number of hydrogen-bond acceptors (Lipinski definition) is 6. The second-order valence-electron chi connectivity index (χ2n) is 7.08. The number of aromatic nitrogens is 2. The summed E-state index contributed by atoms with van der Waals surface area (Å²) in [7, 11) is 2.98. The van der Waals surface area contributed by atoms with Gasteiger partial charge in [-0.1, -0.05) is 6.07 Å². The fourth-order valence-electron chi connectivity index (χ4n) is 2.94. The molecule has 0 aliphatic rings. The van der Waals surface area contributed by atoms with Crippen LogP contribution in [0.2, 0.25) is 0 Å². The third-order valence-corrected chi connectivity index (χ3v) is 4.84. The van der Waals surface area contributed by atoms with Crippen molar-refractivity contribution in [2.75, 3.05) is 24.9 Å². The average Bonchev–Trinajstić information content (AvgIpc) is 2.77. The van der Waals surface area contributed by atoms with Crippen molar-refractivity contribution in [1.29, 1.82) is 0 Å². The van der Waals surface area contributed by atoms with Gasteiger partial charge >= 0.3 is 0 Å². The minimum atomic E-state index is -0.516. The van der Waals surface area contributed by atoms with Crippen LogP contribution in [0.5, 0.6) is 11.5 Å². The molecule has 0 aliphatic heterocycles. The standard InChI is InChI=1S/C23H24N4O5/c1-14-5-6-16(11-15(14)2)24-23(30)18-8-10-22(29)27(26-18)13-21(28)25-19-12-17(31-3)7-9-20(19)32-4/h5-12H,13H2,1-4H3,(H,24,30)(H,25,28). The highest BCUT2D eigenvalue weighted by molar-refractivity contribution is 6.02. The van der Waals surface area contributed by atoms with Crippen molar-refractivity contribution in [3.05, 3.63) is 75.7 Å². The van der Waals surface area contributed by atoms with Crippen LogP contribution in [0.1, 0.15) is 21.6 Å². The van der Waals surface area contributed by atoms with E-state index in [9.17, 15) is 14.4 Å². The highest BCUT2D eigenvalue weighted by atomic mass is 16.5. The van der Waals surface area contributed by atoms with Crippen molar-refractivity contribution < 1.29 is 19.1 Å². The zero-order valence-corrected chi connectivity index (χ0v) is 18.3. The first-order valence-corrected chi connectivity index (χ1v) is 9.79. The number of amides is 2. The molecule has 2 N–H and O–H groups in total. The molecule has 1 aromatic heterocycles. The molecule has 0 saturated heterocycles. The summed E-state index contributed by atoms with van der Waals surface area (Å²) in [4.78, 5) is 37.3. The predicted molar refractivity (Wildman–Crippen MR) is 121 cm³/mol. The zero-order valence-electron chi connectivity index (χ0n) is 18.3. The van der Waals surface area contributed by atoms with Crippen LogP contribution in [-0.4, -0.2) is 35.8 Å². The summed E-state index contributed by atoms with van der Waals surface area (Å²) in [5.74, 6) is -0.0443. The molecule has 9 heteroatoms. The zero-order chi connectivity index (χ0) is 23.3. The van der Waals surface area contributed by atoms with E-state index in [4.69, 9.17) is 9.47 Å². The number of nitrogens with one attached hydrogen (secondary N) is 2. The number of rotatable bonds is 7. The molecule has 0 bridgehead atoms. The van der Waals surface area contributed by atoms with Crippen LogP contribution < -0.4 is 25.7 Å². The van der Waals surface area contributed by atoms with E-state index in [1.54, 1.807) is 24.3 Å². The number of nitrogens with zero attached hydrogens (tertiary/aromatic N) is 2. The third-order valence-electron chi connectivity index (χ3n) is 4.84. The number of anilines is 2. The third kappa shape index (κ3) is 5.31. The largest absolute Gasteiger partial charge is 0.497 e. The smallest absolute Gasteiger partial charge is 0.276 e. The lowest BCUT2D eigenvalue weighted by molar-refractivity contribution is -0.117. The Bertz CT molecular complexity index is 1220. The van der Waals surface area contributed by atoms with Gasteiger partial charge in [0.25, 0.3) is 11.5 Å². The van der Waals surface area contributed by atoms with Crippen LogP contribution in [-0.2, 0) is 11.3 Å². The van der Waals surface area contributed by atoms with Crippen molar-refractivity contribution in [2.45, 2.75) is 20.4 Å². The first-order chi connectivity index (χ1) is 15.3. The summed E-state index contributed by atoms with van der Waals surface area (Å²) >= 11 is 0. The van der Waals surface area contributed by atoms with Gasteiger partial charge in [0.05, 0.1) is 19.9 Å². The number of aryl methyl sites for hydroxylation is 2. The van der Waals surface area contributed by atoms with Gasteiger partial charge in [0.2, 0.25) is 5.91 Å². The Balaban J connectivity index is 1.75. The molecule has 3 aromatic rings. The predicted octanol–water partition coefficient (Wildman–Crippen LogP) is 2.77. The van der Waals surface area contributed by atoms with Gasteiger partial charge in [0.1, 0.15) is 23.7 Å². The van der Waals surface area contributed by atoms with E-state index >= 15 is 0 Å². The van der Waals surface area contributed by atoms with Crippen molar-refractivity contribution >= 4 is 23.2 Å². The summed E-state index contributed by atoms with van der Waals surface area (Å²) in [6.07, 6.45) is 0. The van der Waals surface area contributed by atoms with Gasteiger partial charge < -0.3 is 20.1 Å². The van der Waals surface area contributed by atoms with E-state index in [1.807, 2.05) is 26.0 Å². The van der Waals surface area contributed by atoms with Gasteiger partial charge in [-0.3, -0.25) is 14.4 Å². The molecule has 0 unspecified atom stereocenters. The molecule has 166 valence electrons. The Morgan fingerprint density at radius 2 is 1.72 bits per heavy atom. The summed E-state index contributed by atoms with van der Waals surface area (Å²) in [5.41, 5.74) is 2.63. The van der Waals surface area contributed by atoms with E-state index in [0.29, 0.717) is 22.9 Å². The molecular formula is C23H24N4O5. The molecule has 0 atom stereocenters. The average molecular weight is 436 g/mol. The maximum atomic E-state index is 12.6. The monoisotopic (exact) mass is 436 g/mol. The second kappa shape index (κ2) is 9.78. The van der Waals surface area contributed by atoms with Crippen molar-refractivity contribution in [3.8, 4) is 11.5 Å². The second-order valence-corrected chi connectivity index (χ2v) is 7.08. The van der Waals surface area contributed by atoms with Crippen molar-refractivity contribution in [1.82, 2.24) is 9.78 Å². The number of carbonyl (C=O) groups is 2. The molecule has 1 heterocycles. The van der Waals surface area contributed by atoms with Gasteiger partial charge in [0.15, 0.2) is 0 Å². The minimum Gasteiger partial charge on any atom is -0.497 e. The van der Waals surface area contributed by atoms with E-state index in [0.717, 1.165) is 15.8 Å². The molecular weight excluding hydrogens is 412 g/mol. The van der Waals surface area contributed by atoms with Gasteiger partial charge in [-0.25, -0.2) is 4.68 Å². The molecule has 0 saturated carbocycles. The lowest BCUT2D eigenvalue weighted by atomic mass is 10.1. The number of ether oxygens (including phenoxy) is 2. The van der Waals surface area contributed by atoms with Crippen LogP contribution in [0.4, 0.5) is 11.4 Å². The minimum absolute atomic E-state index is 0.00888. The van der Waals surface area contributed by atoms with E-state index in [-0.39, 0.29) is 12.2 Å². The van der Waals surface area contributed by atoms with Crippen LogP contribution in [0, 0.1) is 13.8 Å². The molecule has 3 rings (SSSR count). The first kappa shape index (κ1) is 22.5. The van der Waals surface area contributed by atoms with Crippen LogP contribution in [0.15, 0.2) is 53.3 Å². The summed E-state index contributed by atoms with van der Waals surface area (Å²) in [6.45, 7) is 3.54. The number of hydrogen-bond donors (Lipinski definition) is 2. The highest BCUT2D eigenvalue weighted by Crippen LogP contribution is 2.28. The molecule has 0 spiro atoms. The number of carbonyl (C=O) groups excluding carboxylic acids is 2. The Kier molecular flexibility index (Phi) is 6.89. The topological polar surface area (TPSA) is 112 Å². The lowest BCUT2D eigenvalue weighted by Gasteiger charge is -2.12. The van der Waals surface area contributed by atoms with Crippen LogP contribution in [0.3, 0.4) is 0 Å². The van der Waals surface area contributed by atoms with Gasteiger partial charge in [0, 0.05) is 17.8 Å². The van der Waals surface area contributed by atoms with E-state index in [2.05, 4.69) is 15.7 Å². The Labute approximate surface area is 185 Å². The normalized spacial score (nSPS) is 10.4. The highest BCUT2D eigenvalue weighted by Gasteiger charge is 2.14. The maximum absolute atomic E-state index is 12.6. The molecule has 2 amide bonds. The van der Waals surface area contributed by atoms with Gasteiger partial charge in [-0.15, -0.1) is 0 Å². The number of benzene rings is 2.